The number of methoxy groups -OCH3 is 1. The first-order valence-electron chi connectivity index (χ1n) is 4.92. The van der Waals surface area contributed by atoms with Crippen LogP contribution in [0.3, 0.4) is 0 Å². The lowest BCUT2D eigenvalue weighted by atomic mass is 10.2. The van der Waals surface area contributed by atoms with Gasteiger partial charge in [0.05, 0.1) is 12.8 Å². The second-order valence-corrected chi connectivity index (χ2v) is 3.67. The molecule has 0 heterocycles. The number of amides is 1. The van der Waals surface area contributed by atoms with Crippen molar-refractivity contribution in [3.05, 3.63) is 23.2 Å². The smallest absolute Gasteiger partial charge is 0.142 e. The summed E-state index contributed by atoms with van der Waals surface area (Å²) in [5.41, 5.74) is 0.414. The maximum absolute atomic E-state index is 11.0. The van der Waals surface area contributed by atoms with E-state index in [1.165, 1.54) is 7.11 Å². The Balaban J connectivity index is 3.15. The van der Waals surface area contributed by atoms with Crippen LogP contribution in [0.25, 0.3) is 0 Å². The van der Waals surface area contributed by atoms with Gasteiger partial charge in [0.2, 0.25) is 0 Å². The minimum atomic E-state index is -1.26. The van der Waals surface area contributed by atoms with Crippen LogP contribution in [0.2, 0.25) is 5.02 Å². The first-order valence-corrected chi connectivity index (χ1v) is 5.30. The molecule has 0 aliphatic rings. The largest absolute Gasteiger partial charge is 0.530 e. The minimum absolute atomic E-state index is 0.346. The Bertz CT molecular complexity index is 381. The number of carboxylic acid groups (broad SMARTS) is 1. The number of hydrogen-bond acceptors (Lipinski definition) is 3. The van der Waals surface area contributed by atoms with Gasteiger partial charge in [-0.1, -0.05) is 18.5 Å². The molecule has 0 aliphatic heterocycles. The van der Waals surface area contributed by atoms with E-state index >= 15 is 0 Å². The maximum atomic E-state index is 11.0. The van der Waals surface area contributed by atoms with Crippen molar-refractivity contribution < 1.29 is 14.6 Å². The SMILES string of the molecule is CCCN(C(=O)[O-])c1cc(Cl)ccc1OC. The number of ether oxygens (including phenoxy) is 1. The average Bonchev–Trinajstić information content (AvgIpc) is 2.25. The zero-order valence-electron chi connectivity index (χ0n) is 9.20. The monoisotopic (exact) mass is 242 g/mol. The average molecular weight is 243 g/mol. The minimum Gasteiger partial charge on any atom is -0.530 e. The van der Waals surface area contributed by atoms with E-state index in [0.717, 1.165) is 4.90 Å². The van der Waals surface area contributed by atoms with E-state index < -0.39 is 6.09 Å². The summed E-state index contributed by atoms with van der Waals surface area (Å²) in [5, 5.41) is 11.4. The van der Waals surface area contributed by atoms with Gasteiger partial charge in [0.1, 0.15) is 11.8 Å². The van der Waals surface area contributed by atoms with Crippen LogP contribution >= 0.6 is 11.6 Å². The van der Waals surface area contributed by atoms with E-state index in [0.29, 0.717) is 29.4 Å². The number of halogens is 1. The zero-order valence-corrected chi connectivity index (χ0v) is 9.95. The van der Waals surface area contributed by atoms with Crippen molar-refractivity contribution in [1.29, 1.82) is 0 Å². The number of rotatable bonds is 4. The summed E-state index contributed by atoms with van der Waals surface area (Å²) in [4.78, 5) is 12.1. The highest BCUT2D eigenvalue weighted by atomic mass is 35.5. The van der Waals surface area contributed by atoms with Crippen molar-refractivity contribution >= 4 is 23.4 Å². The molecule has 0 unspecified atom stereocenters. The number of benzene rings is 1. The number of anilines is 1. The Morgan fingerprint density at radius 3 is 2.75 bits per heavy atom. The highest BCUT2D eigenvalue weighted by Gasteiger charge is 2.12. The molecule has 0 saturated carbocycles. The molecule has 0 spiro atoms. The molecule has 0 bridgehead atoms. The summed E-state index contributed by atoms with van der Waals surface area (Å²) in [5.74, 6) is 0.460. The van der Waals surface area contributed by atoms with Crippen molar-refractivity contribution in [3.63, 3.8) is 0 Å². The molecule has 0 fully saturated rings. The molecule has 0 radical (unpaired) electrons. The van der Waals surface area contributed by atoms with Crippen molar-refractivity contribution in [2.75, 3.05) is 18.6 Å². The van der Waals surface area contributed by atoms with Crippen LogP contribution < -0.4 is 14.7 Å². The third-order valence-corrected chi connectivity index (χ3v) is 2.33. The molecular weight excluding hydrogens is 230 g/mol. The van der Waals surface area contributed by atoms with Crippen LogP contribution in [0.1, 0.15) is 13.3 Å². The molecular formula is C11H13ClNO3-. The van der Waals surface area contributed by atoms with Gasteiger partial charge < -0.3 is 19.5 Å². The molecule has 16 heavy (non-hydrogen) atoms. The Labute approximate surface area is 99.4 Å². The van der Waals surface area contributed by atoms with E-state index in [2.05, 4.69) is 0 Å². The summed E-state index contributed by atoms with van der Waals surface area (Å²) in [6.07, 6.45) is -0.577. The van der Waals surface area contributed by atoms with Crippen LogP contribution in [-0.2, 0) is 0 Å². The normalized spacial score (nSPS) is 9.94. The lowest BCUT2D eigenvalue weighted by Crippen LogP contribution is -2.42. The predicted octanol–water partition coefficient (Wildman–Crippen LogP) is 1.91. The van der Waals surface area contributed by atoms with E-state index in [1.807, 2.05) is 6.92 Å². The van der Waals surface area contributed by atoms with Gasteiger partial charge in [0, 0.05) is 11.6 Å². The molecule has 0 atom stereocenters. The first kappa shape index (κ1) is 12.6. The highest BCUT2D eigenvalue weighted by Crippen LogP contribution is 2.31. The molecule has 0 N–H and O–H groups in total. The molecule has 4 nitrogen and oxygen atoms in total. The van der Waals surface area contributed by atoms with E-state index in [1.54, 1.807) is 18.2 Å². The van der Waals surface area contributed by atoms with Gasteiger partial charge in [0.25, 0.3) is 0 Å². The number of carbonyl (C=O) groups excluding carboxylic acids is 1. The molecule has 0 saturated heterocycles. The fraction of sp³-hybridized carbons (Fsp3) is 0.364. The molecule has 1 aromatic rings. The molecule has 1 aromatic carbocycles. The summed E-state index contributed by atoms with van der Waals surface area (Å²) in [6.45, 7) is 2.23. The van der Waals surface area contributed by atoms with E-state index in [4.69, 9.17) is 16.3 Å². The van der Waals surface area contributed by atoms with Crippen LogP contribution in [0, 0.1) is 0 Å². The molecule has 5 heteroatoms. The Morgan fingerprint density at radius 1 is 1.56 bits per heavy atom. The lowest BCUT2D eigenvalue weighted by molar-refractivity contribution is -0.246. The number of nitrogens with zero attached hydrogens (tertiary/aromatic N) is 1. The van der Waals surface area contributed by atoms with Gasteiger partial charge in [-0.05, 0) is 24.6 Å². The predicted molar refractivity (Wildman–Crippen MR) is 61.0 cm³/mol. The second kappa shape index (κ2) is 5.61. The van der Waals surface area contributed by atoms with E-state index in [9.17, 15) is 9.90 Å². The fourth-order valence-electron chi connectivity index (χ4n) is 1.41. The lowest BCUT2D eigenvalue weighted by Gasteiger charge is -2.26. The van der Waals surface area contributed by atoms with Crippen LogP contribution in [0.15, 0.2) is 18.2 Å². The Hall–Kier alpha value is -1.42. The van der Waals surface area contributed by atoms with Crippen molar-refractivity contribution in [2.24, 2.45) is 0 Å². The molecule has 0 aliphatic carbocycles. The van der Waals surface area contributed by atoms with Crippen LogP contribution in [0.4, 0.5) is 10.5 Å². The standard InChI is InChI=1S/C11H14ClNO3/c1-3-6-13(11(14)15)9-7-8(12)4-5-10(9)16-2/h4-5,7H,3,6H2,1-2H3,(H,14,15)/p-1. The van der Waals surface area contributed by atoms with Crippen molar-refractivity contribution in [3.8, 4) is 5.75 Å². The van der Waals surface area contributed by atoms with Gasteiger partial charge >= 0.3 is 0 Å². The summed E-state index contributed by atoms with van der Waals surface area (Å²) < 4.78 is 5.09. The van der Waals surface area contributed by atoms with Gasteiger partial charge in [-0.25, -0.2) is 0 Å². The number of hydrogen-bond donors (Lipinski definition) is 0. The zero-order chi connectivity index (χ0) is 12.1. The van der Waals surface area contributed by atoms with Crippen LogP contribution in [0.5, 0.6) is 5.75 Å². The van der Waals surface area contributed by atoms with Crippen LogP contribution in [-0.4, -0.2) is 19.7 Å². The van der Waals surface area contributed by atoms with Gasteiger partial charge in [0.15, 0.2) is 0 Å². The molecule has 88 valence electrons. The summed E-state index contributed by atoms with van der Waals surface area (Å²) in [6, 6.07) is 4.82. The van der Waals surface area contributed by atoms with Gasteiger partial charge in [-0.3, -0.25) is 0 Å². The van der Waals surface area contributed by atoms with Gasteiger partial charge in [-0.2, -0.15) is 0 Å². The quantitative estimate of drug-likeness (QED) is 0.811. The Morgan fingerprint density at radius 2 is 2.25 bits per heavy atom. The Kier molecular flexibility index (Phi) is 4.43. The third-order valence-electron chi connectivity index (χ3n) is 2.10. The van der Waals surface area contributed by atoms with Crippen molar-refractivity contribution in [2.45, 2.75) is 13.3 Å². The first-order chi connectivity index (χ1) is 7.60. The molecule has 1 rings (SSSR count). The third kappa shape index (κ3) is 2.79. The van der Waals surface area contributed by atoms with Crippen molar-refractivity contribution in [1.82, 2.24) is 0 Å². The summed E-state index contributed by atoms with van der Waals surface area (Å²) in [7, 11) is 1.48. The highest BCUT2D eigenvalue weighted by molar-refractivity contribution is 6.31. The number of carbonyl (C=O) groups is 1. The fourth-order valence-corrected chi connectivity index (χ4v) is 1.57. The molecule has 0 aromatic heterocycles. The van der Waals surface area contributed by atoms with Gasteiger partial charge in [-0.15, -0.1) is 0 Å². The summed E-state index contributed by atoms with van der Waals surface area (Å²) >= 11 is 5.83. The topological polar surface area (TPSA) is 52.6 Å². The molecule has 1 amide bonds. The van der Waals surface area contributed by atoms with E-state index in [-0.39, 0.29) is 0 Å². The second-order valence-electron chi connectivity index (χ2n) is 3.23. The maximum Gasteiger partial charge on any atom is 0.142 e.